The topological polar surface area (TPSA) is 62.3 Å². The number of aromatic nitrogens is 3. The van der Waals surface area contributed by atoms with Gasteiger partial charge >= 0.3 is 0 Å². The first kappa shape index (κ1) is 13.3. The van der Waals surface area contributed by atoms with Crippen LogP contribution in [0.1, 0.15) is 18.2 Å². The van der Waals surface area contributed by atoms with Gasteiger partial charge in [-0.2, -0.15) is 4.98 Å². The largest absolute Gasteiger partial charge is 0.497 e. The van der Waals surface area contributed by atoms with Gasteiger partial charge in [-0.3, -0.25) is 0 Å². The molecule has 0 radical (unpaired) electrons. The summed E-state index contributed by atoms with van der Waals surface area (Å²) in [7, 11) is 3.65. The van der Waals surface area contributed by atoms with Gasteiger partial charge in [-0.1, -0.05) is 5.16 Å². The van der Waals surface area contributed by atoms with Crippen molar-refractivity contribution < 1.29 is 14.0 Å². The van der Waals surface area contributed by atoms with Crippen molar-refractivity contribution in [2.45, 2.75) is 12.3 Å². The minimum absolute atomic E-state index is 0.243. The van der Waals surface area contributed by atoms with E-state index in [0.717, 1.165) is 41.2 Å². The van der Waals surface area contributed by atoms with Crippen molar-refractivity contribution in [1.82, 2.24) is 14.7 Å². The predicted molar refractivity (Wildman–Crippen MR) is 80.9 cm³/mol. The number of benzene rings is 1. The fraction of sp³-hybridized carbons (Fsp3) is 0.375. The number of fused-ring (bicyclic) bond motifs is 1. The van der Waals surface area contributed by atoms with Crippen LogP contribution in [0.5, 0.6) is 5.75 Å². The summed E-state index contributed by atoms with van der Waals surface area (Å²) in [5.41, 5.74) is 1.97. The molecule has 0 N–H and O–H groups in total. The van der Waals surface area contributed by atoms with Gasteiger partial charge in [0.15, 0.2) is 5.82 Å². The van der Waals surface area contributed by atoms with Crippen molar-refractivity contribution in [2.75, 3.05) is 20.3 Å². The smallest absolute Gasteiger partial charge is 0.274 e. The number of nitrogens with zero attached hydrogens (tertiary/aromatic N) is 3. The molecule has 0 saturated carbocycles. The zero-order valence-corrected chi connectivity index (χ0v) is 12.6. The second kappa shape index (κ2) is 5.14. The van der Waals surface area contributed by atoms with Crippen LogP contribution in [0.15, 0.2) is 28.8 Å². The molecule has 1 fully saturated rings. The minimum atomic E-state index is 0.243. The lowest BCUT2D eigenvalue weighted by atomic mass is 10.1. The van der Waals surface area contributed by atoms with Gasteiger partial charge < -0.3 is 18.6 Å². The number of hydrogen-bond acceptors (Lipinski definition) is 5. The highest BCUT2D eigenvalue weighted by Crippen LogP contribution is 2.30. The van der Waals surface area contributed by atoms with Gasteiger partial charge in [0, 0.05) is 31.0 Å². The van der Waals surface area contributed by atoms with Crippen LogP contribution in [0.2, 0.25) is 0 Å². The van der Waals surface area contributed by atoms with E-state index in [0.29, 0.717) is 12.5 Å². The molecule has 6 nitrogen and oxygen atoms in total. The number of aryl methyl sites for hydroxylation is 1. The van der Waals surface area contributed by atoms with Crippen molar-refractivity contribution in [3.8, 4) is 17.3 Å². The molecule has 1 saturated heterocycles. The summed E-state index contributed by atoms with van der Waals surface area (Å²) in [6.07, 6.45) is 0.950. The van der Waals surface area contributed by atoms with Crippen LogP contribution in [-0.4, -0.2) is 35.0 Å². The molecule has 1 aromatic carbocycles. The lowest BCUT2D eigenvalue weighted by Crippen LogP contribution is -2.00. The lowest BCUT2D eigenvalue weighted by Gasteiger charge is -2.02. The summed E-state index contributed by atoms with van der Waals surface area (Å²) >= 11 is 0. The lowest BCUT2D eigenvalue weighted by molar-refractivity contribution is 0.192. The molecule has 0 bridgehead atoms. The zero-order valence-electron chi connectivity index (χ0n) is 12.6. The van der Waals surface area contributed by atoms with Crippen molar-refractivity contribution in [1.29, 1.82) is 0 Å². The van der Waals surface area contributed by atoms with Crippen LogP contribution in [0.3, 0.4) is 0 Å². The molecule has 0 amide bonds. The second-order valence-corrected chi connectivity index (χ2v) is 5.53. The number of rotatable bonds is 3. The Balaban J connectivity index is 1.75. The van der Waals surface area contributed by atoms with Gasteiger partial charge in [-0.15, -0.1) is 0 Å². The number of methoxy groups -OCH3 is 1. The summed E-state index contributed by atoms with van der Waals surface area (Å²) < 4.78 is 18.2. The molecular formula is C16H17N3O3. The Morgan fingerprint density at radius 1 is 1.32 bits per heavy atom. The maximum absolute atomic E-state index is 5.46. The Morgan fingerprint density at radius 3 is 3.00 bits per heavy atom. The normalized spacial score (nSPS) is 18.2. The highest BCUT2D eigenvalue weighted by molar-refractivity contribution is 5.86. The van der Waals surface area contributed by atoms with E-state index in [1.807, 2.05) is 29.8 Å². The van der Waals surface area contributed by atoms with Crippen molar-refractivity contribution in [3.05, 3.63) is 30.1 Å². The van der Waals surface area contributed by atoms with Gasteiger partial charge in [-0.25, -0.2) is 0 Å². The minimum Gasteiger partial charge on any atom is -0.497 e. The van der Waals surface area contributed by atoms with E-state index in [1.54, 1.807) is 7.11 Å². The summed E-state index contributed by atoms with van der Waals surface area (Å²) in [5.74, 6) is 2.34. The Bertz CT molecular complexity index is 815. The first-order valence-electron chi connectivity index (χ1n) is 7.31. The molecule has 4 rings (SSSR count). The fourth-order valence-corrected chi connectivity index (χ4v) is 2.88. The summed E-state index contributed by atoms with van der Waals surface area (Å²) in [5, 5.41) is 5.23. The van der Waals surface area contributed by atoms with Gasteiger partial charge in [0.05, 0.1) is 19.2 Å². The van der Waals surface area contributed by atoms with Gasteiger partial charge in [0.2, 0.25) is 0 Å². The molecule has 0 spiro atoms. The third-order valence-electron chi connectivity index (χ3n) is 4.21. The quantitative estimate of drug-likeness (QED) is 0.744. The Morgan fingerprint density at radius 2 is 2.23 bits per heavy atom. The van der Waals surface area contributed by atoms with E-state index in [1.165, 1.54) is 0 Å². The van der Waals surface area contributed by atoms with Crippen molar-refractivity contribution in [3.63, 3.8) is 0 Å². The summed E-state index contributed by atoms with van der Waals surface area (Å²) in [4.78, 5) is 4.55. The molecule has 114 valence electrons. The Hall–Kier alpha value is -2.34. The Labute approximate surface area is 127 Å². The molecular weight excluding hydrogens is 282 g/mol. The van der Waals surface area contributed by atoms with Crippen LogP contribution in [0.4, 0.5) is 0 Å². The highest BCUT2D eigenvalue weighted by Gasteiger charge is 2.24. The average Bonchev–Trinajstić information content (AvgIpc) is 3.26. The standard InChI is InChI=1S/C16H17N3O3/c1-19-13-8-12(20-2)4-3-10(13)7-14(19)16-17-15(18-22-16)11-5-6-21-9-11/h3-4,7-8,11H,5-6,9H2,1-2H3. The Kier molecular flexibility index (Phi) is 3.11. The van der Waals surface area contributed by atoms with E-state index >= 15 is 0 Å². The first-order valence-corrected chi connectivity index (χ1v) is 7.31. The van der Waals surface area contributed by atoms with E-state index in [-0.39, 0.29) is 5.92 Å². The predicted octanol–water partition coefficient (Wildman–Crippen LogP) is 2.74. The second-order valence-electron chi connectivity index (χ2n) is 5.53. The van der Waals surface area contributed by atoms with E-state index in [4.69, 9.17) is 14.0 Å². The molecule has 1 aliphatic rings. The number of ether oxygens (including phenoxy) is 2. The van der Waals surface area contributed by atoms with E-state index in [9.17, 15) is 0 Å². The van der Waals surface area contributed by atoms with E-state index < -0.39 is 0 Å². The molecule has 1 unspecified atom stereocenters. The molecule has 1 atom stereocenters. The van der Waals surface area contributed by atoms with Gasteiger partial charge in [-0.05, 0) is 24.6 Å². The monoisotopic (exact) mass is 299 g/mol. The average molecular weight is 299 g/mol. The van der Waals surface area contributed by atoms with Crippen LogP contribution in [0.25, 0.3) is 22.5 Å². The third-order valence-corrected chi connectivity index (χ3v) is 4.21. The van der Waals surface area contributed by atoms with Gasteiger partial charge in [0.1, 0.15) is 11.4 Å². The number of hydrogen-bond donors (Lipinski definition) is 0. The zero-order chi connectivity index (χ0) is 15.1. The maximum atomic E-state index is 5.46. The first-order chi connectivity index (χ1) is 10.8. The van der Waals surface area contributed by atoms with Crippen molar-refractivity contribution >= 4 is 10.9 Å². The molecule has 3 aromatic rings. The van der Waals surface area contributed by atoms with Crippen molar-refractivity contribution in [2.24, 2.45) is 7.05 Å². The van der Waals surface area contributed by atoms with E-state index in [2.05, 4.69) is 16.2 Å². The third kappa shape index (κ3) is 2.07. The maximum Gasteiger partial charge on any atom is 0.274 e. The molecule has 22 heavy (non-hydrogen) atoms. The summed E-state index contributed by atoms with van der Waals surface area (Å²) in [6, 6.07) is 8.03. The molecule has 3 heterocycles. The molecule has 1 aliphatic heterocycles. The summed E-state index contributed by atoms with van der Waals surface area (Å²) in [6.45, 7) is 1.44. The fourth-order valence-electron chi connectivity index (χ4n) is 2.88. The molecule has 6 heteroatoms. The van der Waals surface area contributed by atoms with Crippen LogP contribution >= 0.6 is 0 Å². The molecule has 2 aromatic heterocycles. The highest BCUT2D eigenvalue weighted by atomic mass is 16.5. The SMILES string of the molecule is COc1ccc2cc(-c3nc(C4CCOC4)no3)n(C)c2c1. The molecule has 0 aliphatic carbocycles. The van der Waals surface area contributed by atoms with Crippen LogP contribution < -0.4 is 4.74 Å². The van der Waals surface area contributed by atoms with Crippen LogP contribution in [-0.2, 0) is 11.8 Å². The van der Waals surface area contributed by atoms with Gasteiger partial charge in [0.25, 0.3) is 5.89 Å². The van der Waals surface area contributed by atoms with Crippen LogP contribution in [0, 0.1) is 0 Å².